The lowest BCUT2D eigenvalue weighted by Crippen LogP contribution is -2.08. The van der Waals surface area contributed by atoms with Crippen molar-refractivity contribution >= 4 is 39.1 Å². The highest BCUT2D eigenvalue weighted by molar-refractivity contribution is 6.34. The van der Waals surface area contributed by atoms with Gasteiger partial charge in [-0.2, -0.15) is 0 Å². The SMILES string of the molecule is C/C(=N\OCC=C(c1ccc(OCc2ccc3ccccc3n2)cc1)c1ccc(OCc2ccc3ccccc3n2)cc1)C(=O)O. The Morgan fingerprint density at radius 1 is 0.674 bits per heavy atom. The van der Waals surface area contributed by atoms with Crippen LogP contribution in [0, 0.1) is 0 Å². The fourth-order valence-corrected chi connectivity index (χ4v) is 4.85. The third-order valence-corrected chi connectivity index (χ3v) is 7.29. The average molecular weight is 610 g/mol. The largest absolute Gasteiger partial charge is 0.487 e. The summed E-state index contributed by atoms with van der Waals surface area (Å²) in [5.41, 5.74) is 6.16. The van der Waals surface area contributed by atoms with Gasteiger partial charge in [0.1, 0.15) is 31.3 Å². The maximum atomic E-state index is 11.1. The second-order valence-electron chi connectivity index (χ2n) is 10.5. The van der Waals surface area contributed by atoms with Gasteiger partial charge in [0.25, 0.3) is 0 Å². The zero-order chi connectivity index (χ0) is 31.7. The van der Waals surface area contributed by atoms with Crippen molar-refractivity contribution in [2.75, 3.05) is 6.61 Å². The normalized spacial score (nSPS) is 11.3. The number of aromatic nitrogens is 2. The van der Waals surface area contributed by atoms with E-state index in [1.54, 1.807) is 0 Å². The number of pyridine rings is 2. The zero-order valence-electron chi connectivity index (χ0n) is 25.2. The topological polar surface area (TPSA) is 103 Å². The fraction of sp³-hybridized carbons (Fsp3) is 0.105. The highest BCUT2D eigenvalue weighted by Crippen LogP contribution is 2.28. The molecule has 0 atom stereocenters. The van der Waals surface area contributed by atoms with E-state index in [4.69, 9.17) is 19.4 Å². The molecule has 0 aliphatic carbocycles. The first-order valence-electron chi connectivity index (χ1n) is 14.8. The van der Waals surface area contributed by atoms with Gasteiger partial charge >= 0.3 is 5.97 Å². The van der Waals surface area contributed by atoms with E-state index in [0.29, 0.717) is 24.7 Å². The number of hydrogen-bond acceptors (Lipinski definition) is 7. The van der Waals surface area contributed by atoms with Crippen LogP contribution in [-0.4, -0.2) is 33.4 Å². The summed E-state index contributed by atoms with van der Waals surface area (Å²) in [6.45, 7) is 2.15. The van der Waals surface area contributed by atoms with Crippen LogP contribution in [-0.2, 0) is 22.8 Å². The van der Waals surface area contributed by atoms with E-state index in [1.165, 1.54) is 6.92 Å². The first-order valence-corrected chi connectivity index (χ1v) is 14.8. The van der Waals surface area contributed by atoms with Crippen molar-refractivity contribution < 1.29 is 24.2 Å². The molecule has 0 spiro atoms. The molecule has 0 aliphatic heterocycles. The lowest BCUT2D eigenvalue weighted by Gasteiger charge is -2.12. The molecular weight excluding hydrogens is 578 g/mol. The lowest BCUT2D eigenvalue weighted by atomic mass is 9.97. The molecule has 0 saturated carbocycles. The minimum absolute atomic E-state index is 0.0811. The predicted molar refractivity (Wildman–Crippen MR) is 179 cm³/mol. The molecule has 8 heteroatoms. The number of hydrogen-bond donors (Lipinski definition) is 1. The van der Waals surface area contributed by atoms with Crippen molar-refractivity contribution in [2.24, 2.45) is 5.16 Å². The van der Waals surface area contributed by atoms with Crippen molar-refractivity contribution in [3.8, 4) is 11.5 Å². The third kappa shape index (κ3) is 7.54. The van der Waals surface area contributed by atoms with Crippen LogP contribution >= 0.6 is 0 Å². The number of oxime groups is 1. The minimum Gasteiger partial charge on any atom is -0.487 e. The molecule has 1 N–H and O–H groups in total. The number of ether oxygens (including phenoxy) is 2. The monoisotopic (exact) mass is 609 g/mol. The second kappa shape index (κ2) is 14.2. The van der Waals surface area contributed by atoms with Gasteiger partial charge in [-0.05, 0) is 78.2 Å². The molecule has 0 unspecified atom stereocenters. The molecule has 0 amide bonds. The van der Waals surface area contributed by atoms with E-state index >= 15 is 0 Å². The molecule has 0 aliphatic rings. The maximum absolute atomic E-state index is 11.1. The number of carbonyl (C=O) groups is 1. The van der Waals surface area contributed by atoms with Crippen molar-refractivity contribution in [3.63, 3.8) is 0 Å². The Labute approximate surface area is 266 Å². The van der Waals surface area contributed by atoms with Crippen molar-refractivity contribution in [3.05, 3.63) is 150 Å². The van der Waals surface area contributed by atoms with Gasteiger partial charge in [0.05, 0.1) is 22.4 Å². The maximum Gasteiger partial charge on any atom is 0.353 e. The van der Waals surface area contributed by atoms with E-state index in [9.17, 15) is 4.79 Å². The first-order chi connectivity index (χ1) is 22.5. The second-order valence-corrected chi connectivity index (χ2v) is 10.5. The molecule has 228 valence electrons. The number of carboxylic acids is 1. The predicted octanol–water partition coefficient (Wildman–Crippen LogP) is 7.85. The van der Waals surface area contributed by atoms with Gasteiger partial charge in [-0.15, -0.1) is 0 Å². The molecule has 6 rings (SSSR count). The third-order valence-electron chi connectivity index (χ3n) is 7.29. The summed E-state index contributed by atoms with van der Waals surface area (Å²) in [7, 11) is 0. The Hall–Kier alpha value is -6.02. The summed E-state index contributed by atoms with van der Waals surface area (Å²) >= 11 is 0. The molecule has 0 fully saturated rings. The lowest BCUT2D eigenvalue weighted by molar-refractivity contribution is -0.129. The average Bonchev–Trinajstić information content (AvgIpc) is 3.10. The van der Waals surface area contributed by atoms with Crippen molar-refractivity contribution in [2.45, 2.75) is 20.1 Å². The Balaban J connectivity index is 1.15. The fourth-order valence-electron chi connectivity index (χ4n) is 4.85. The van der Waals surface area contributed by atoms with Gasteiger partial charge in [0, 0.05) is 10.8 Å². The van der Waals surface area contributed by atoms with Crippen LogP contribution in [0.5, 0.6) is 11.5 Å². The van der Waals surface area contributed by atoms with Crippen LogP contribution in [0.25, 0.3) is 27.4 Å². The van der Waals surface area contributed by atoms with Crippen LogP contribution in [0.1, 0.15) is 29.4 Å². The van der Waals surface area contributed by atoms with Crippen LogP contribution in [0.4, 0.5) is 0 Å². The summed E-state index contributed by atoms with van der Waals surface area (Å²) in [5.74, 6) is 0.289. The molecule has 2 aromatic heterocycles. The van der Waals surface area contributed by atoms with Crippen molar-refractivity contribution in [1.29, 1.82) is 0 Å². The van der Waals surface area contributed by atoms with Crippen LogP contribution in [0.15, 0.2) is 133 Å². The van der Waals surface area contributed by atoms with Gasteiger partial charge in [0.15, 0.2) is 5.71 Å². The Bertz CT molecular complexity index is 1910. The molecule has 6 aromatic rings. The Morgan fingerprint density at radius 2 is 1.15 bits per heavy atom. The molecule has 0 saturated heterocycles. The highest BCUT2D eigenvalue weighted by atomic mass is 16.6. The standard InChI is InChI=1S/C38H31N3O5/c1-26(38(42)43)41-46-23-22-35(27-12-18-33(19-13-27)44-24-31-16-10-29-6-2-4-8-36(29)39-31)28-14-20-34(21-15-28)45-25-32-17-11-30-7-3-5-9-37(30)40-32/h2-22H,23-25H2,1H3,(H,42,43)/b41-26+. The Kier molecular flexibility index (Phi) is 9.25. The van der Waals surface area contributed by atoms with Gasteiger partial charge < -0.3 is 19.4 Å². The zero-order valence-corrected chi connectivity index (χ0v) is 25.2. The van der Waals surface area contributed by atoms with E-state index in [1.807, 2.05) is 127 Å². The van der Waals surface area contributed by atoms with E-state index in [0.717, 1.165) is 49.9 Å². The number of para-hydroxylation sites is 2. The summed E-state index contributed by atoms with van der Waals surface area (Å²) in [5, 5.41) is 14.9. The number of benzene rings is 4. The molecule has 0 bridgehead atoms. The molecule has 46 heavy (non-hydrogen) atoms. The number of rotatable bonds is 12. The van der Waals surface area contributed by atoms with Crippen LogP contribution < -0.4 is 9.47 Å². The number of fused-ring (bicyclic) bond motifs is 2. The van der Waals surface area contributed by atoms with E-state index < -0.39 is 5.97 Å². The van der Waals surface area contributed by atoms with E-state index in [2.05, 4.69) is 15.1 Å². The summed E-state index contributed by atoms with van der Waals surface area (Å²) in [4.78, 5) is 25.7. The highest BCUT2D eigenvalue weighted by Gasteiger charge is 2.09. The molecule has 2 heterocycles. The summed E-state index contributed by atoms with van der Waals surface area (Å²) < 4.78 is 12.1. The van der Waals surface area contributed by atoms with Gasteiger partial charge in [-0.3, -0.25) is 0 Å². The first kappa shape index (κ1) is 30.0. The van der Waals surface area contributed by atoms with Gasteiger partial charge in [-0.1, -0.05) is 78.0 Å². The Morgan fingerprint density at radius 3 is 1.63 bits per heavy atom. The molecular formula is C38H31N3O5. The number of nitrogens with zero attached hydrogens (tertiary/aromatic N) is 3. The molecule has 4 aromatic carbocycles. The van der Waals surface area contributed by atoms with Gasteiger partial charge in [0.2, 0.25) is 0 Å². The molecule has 0 radical (unpaired) electrons. The quantitative estimate of drug-likeness (QED) is 0.0856. The van der Waals surface area contributed by atoms with Crippen LogP contribution in [0.2, 0.25) is 0 Å². The number of carboxylic acid groups (broad SMARTS) is 1. The van der Waals surface area contributed by atoms with Gasteiger partial charge in [-0.25, -0.2) is 14.8 Å². The summed E-state index contributed by atoms with van der Waals surface area (Å²) in [6.07, 6.45) is 1.86. The van der Waals surface area contributed by atoms with Crippen molar-refractivity contribution in [1.82, 2.24) is 9.97 Å². The van der Waals surface area contributed by atoms with Crippen LogP contribution in [0.3, 0.4) is 0 Å². The number of aliphatic carboxylic acids is 1. The summed E-state index contributed by atoms with van der Waals surface area (Å²) in [6, 6.07) is 39.5. The molecule has 8 nitrogen and oxygen atoms in total. The smallest absolute Gasteiger partial charge is 0.353 e. The minimum atomic E-state index is -1.13. The van der Waals surface area contributed by atoms with E-state index in [-0.39, 0.29) is 12.3 Å².